The molecule has 3 heterocycles. The van der Waals surface area contributed by atoms with Gasteiger partial charge in [0.25, 0.3) is 0 Å². The fourth-order valence-corrected chi connectivity index (χ4v) is 5.52. The van der Waals surface area contributed by atoms with Crippen LogP contribution in [0.25, 0.3) is 32.8 Å². The van der Waals surface area contributed by atoms with Gasteiger partial charge in [-0.05, 0) is 47.4 Å². The first-order chi connectivity index (χ1) is 16.0. The van der Waals surface area contributed by atoms with Crippen molar-refractivity contribution in [2.45, 2.75) is 24.9 Å². The summed E-state index contributed by atoms with van der Waals surface area (Å²) in [4.78, 5) is 10.8. The molecular weight excluding hydrogens is 466 g/mol. The van der Waals surface area contributed by atoms with Gasteiger partial charge in [0.15, 0.2) is 5.82 Å². The van der Waals surface area contributed by atoms with Gasteiger partial charge in [-0.1, -0.05) is 35.9 Å². The zero-order valence-electron chi connectivity index (χ0n) is 17.4. The number of anilines is 1. The predicted octanol–water partition coefficient (Wildman–Crippen LogP) is 5.42. The van der Waals surface area contributed by atoms with E-state index >= 15 is 4.39 Å². The highest BCUT2D eigenvalue weighted by atomic mass is 35.5. The second-order valence-electron chi connectivity index (χ2n) is 8.61. The predicted molar refractivity (Wildman–Crippen MR) is 128 cm³/mol. The molecule has 0 saturated carbocycles. The lowest BCUT2D eigenvalue weighted by atomic mass is 9.96. The average molecular weight is 485 g/mol. The lowest BCUT2D eigenvalue weighted by Crippen LogP contribution is -2.51. The van der Waals surface area contributed by atoms with E-state index in [1.807, 2.05) is 24.3 Å². The van der Waals surface area contributed by atoms with Crippen LogP contribution in [0.15, 0.2) is 42.5 Å². The number of nitrogens with one attached hydrogen (secondary N) is 1. The van der Waals surface area contributed by atoms with Crippen molar-refractivity contribution in [1.29, 1.82) is 0 Å². The van der Waals surface area contributed by atoms with Crippen molar-refractivity contribution in [2.24, 2.45) is 0 Å². The molecule has 2 N–H and O–H groups in total. The molecule has 6 rings (SSSR count). The first kappa shape index (κ1) is 20.7. The molecule has 1 aromatic heterocycles. The minimum atomic E-state index is -0.620. The molecule has 2 aliphatic rings. The number of fused-ring (bicyclic) bond motifs is 4. The third kappa shape index (κ3) is 3.42. The summed E-state index contributed by atoms with van der Waals surface area (Å²) in [5.41, 5.74) is 0.693. The van der Waals surface area contributed by atoms with Gasteiger partial charge in [0.1, 0.15) is 29.0 Å². The largest absolute Gasteiger partial charge is 0.508 e. The highest BCUT2D eigenvalue weighted by Gasteiger charge is 2.34. The quantitative estimate of drug-likeness (QED) is 0.404. The van der Waals surface area contributed by atoms with E-state index in [-0.39, 0.29) is 27.9 Å². The molecule has 2 fully saturated rings. The lowest BCUT2D eigenvalue weighted by molar-refractivity contribution is 0.462. The van der Waals surface area contributed by atoms with Crippen LogP contribution in [0.2, 0.25) is 5.02 Å². The molecule has 2 atom stereocenters. The number of phenols is 1. The maximum absolute atomic E-state index is 16.1. The standard InChI is InChI=1S/C24H19Cl2FN4O2/c25-19-9-18-22(21(27)20(19)17-8-15(32)7-12-3-1-2-4-16(12)17)29-24(33-26)30-23(18)31-10-13-5-6-14(11-31)28-13/h1-4,7-9,13-14,28,32H,5-6,10-11H2. The Morgan fingerprint density at radius 1 is 1.06 bits per heavy atom. The number of hydrogen-bond donors (Lipinski definition) is 2. The van der Waals surface area contributed by atoms with Gasteiger partial charge in [-0.25, -0.2) is 4.39 Å². The van der Waals surface area contributed by atoms with Crippen LogP contribution in [0.3, 0.4) is 0 Å². The highest BCUT2D eigenvalue weighted by Crippen LogP contribution is 2.42. The second kappa shape index (κ2) is 7.87. The normalized spacial score (nSPS) is 20.0. The fraction of sp³-hybridized carbons (Fsp3) is 0.250. The van der Waals surface area contributed by atoms with Crippen LogP contribution in [0.4, 0.5) is 10.2 Å². The minimum absolute atomic E-state index is 0.0173. The number of hydrogen-bond acceptors (Lipinski definition) is 6. The topological polar surface area (TPSA) is 70.5 Å². The van der Waals surface area contributed by atoms with E-state index in [4.69, 9.17) is 27.8 Å². The summed E-state index contributed by atoms with van der Waals surface area (Å²) in [7, 11) is 0. The monoisotopic (exact) mass is 484 g/mol. The molecule has 2 unspecified atom stereocenters. The fourth-order valence-electron chi connectivity index (χ4n) is 5.15. The van der Waals surface area contributed by atoms with Crippen LogP contribution in [0, 0.1) is 5.82 Å². The molecule has 4 aromatic rings. The average Bonchev–Trinajstić information content (AvgIpc) is 3.15. The number of nitrogens with zero attached hydrogens (tertiary/aromatic N) is 3. The summed E-state index contributed by atoms with van der Waals surface area (Å²) in [6, 6.07) is 12.8. The van der Waals surface area contributed by atoms with Gasteiger partial charge >= 0.3 is 6.01 Å². The third-order valence-corrected chi connectivity index (χ3v) is 6.98. The summed E-state index contributed by atoms with van der Waals surface area (Å²) >= 11 is 12.3. The Morgan fingerprint density at radius 2 is 1.82 bits per heavy atom. The molecule has 2 saturated heterocycles. The SMILES string of the molecule is Oc1cc(-c2c(Cl)cc3c(N4CC5CCC(C4)N5)nc(OCl)nc3c2F)c2ccccc2c1. The van der Waals surface area contributed by atoms with Crippen molar-refractivity contribution in [3.8, 4) is 22.9 Å². The number of halogens is 3. The van der Waals surface area contributed by atoms with E-state index in [1.54, 1.807) is 12.1 Å². The Balaban J connectivity index is 1.60. The number of phenolic OH excluding ortho intramolecular Hbond substituents is 1. The van der Waals surface area contributed by atoms with Gasteiger partial charge in [0, 0.05) is 36.1 Å². The second-order valence-corrected chi connectivity index (χ2v) is 9.17. The molecule has 33 heavy (non-hydrogen) atoms. The van der Waals surface area contributed by atoms with Gasteiger partial charge in [0.2, 0.25) is 0 Å². The summed E-state index contributed by atoms with van der Waals surface area (Å²) < 4.78 is 20.9. The van der Waals surface area contributed by atoms with Gasteiger partial charge in [0.05, 0.1) is 5.02 Å². The molecule has 0 radical (unpaired) electrons. The molecule has 9 heteroatoms. The van der Waals surface area contributed by atoms with Crippen LogP contribution in [0.1, 0.15) is 12.8 Å². The van der Waals surface area contributed by atoms with Crippen LogP contribution in [-0.2, 0) is 0 Å². The number of piperazine rings is 1. The Morgan fingerprint density at radius 3 is 2.58 bits per heavy atom. The number of aromatic nitrogens is 2. The van der Waals surface area contributed by atoms with Gasteiger partial charge in [-0.15, -0.1) is 0 Å². The zero-order valence-corrected chi connectivity index (χ0v) is 18.9. The molecule has 0 aliphatic carbocycles. The van der Waals surface area contributed by atoms with E-state index in [9.17, 15) is 5.11 Å². The van der Waals surface area contributed by atoms with Gasteiger partial charge in [-0.3, -0.25) is 0 Å². The van der Waals surface area contributed by atoms with Crippen LogP contribution < -0.4 is 14.5 Å². The lowest BCUT2D eigenvalue weighted by Gasteiger charge is -2.34. The molecule has 3 aromatic carbocycles. The van der Waals surface area contributed by atoms with Crippen molar-refractivity contribution < 1.29 is 13.8 Å². The molecular formula is C24H19Cl2FN4O2. The number of rotatable bonds is 3. The first-order valence-corrected chi connectivity index (χ1v) is 11.4. The Kier molecular flexibility index (Phi) is 4.94. The molecule has 0 amide bonds. The Labute approximate surface area is 199 Å². The van der Waals surface area contributed by atoms with Gasteiger partial charge in [-0.2, -0.15) is 9.97 Å². The first-order valence-electron chi connectivity index (χ1n) is 10.7. The maximum Gasteiger partial charge on any atom is 0.338 e. The third-order valence-electron chi connectivity index (χ3n) is 6.54. The summed E-state index contributed by atoms with van der Waals surface area (Å²) in [6.07, 6.45) is 2.18. The maximum atomic E-state index is 16.1. The molecule has 168 valence electrons. The van der Waals surface area contributed by atoms with Crippen LogP contribution in [0.5, 0.6) is 11.8 Å². The summed E-state index contributed by atoms with van der Waals surface area (Å²) in [5.74, 6) is -0.0594. The molecule has 0 spiro atoms. The van der Waals surface area contributed by atoms with Crippen molar-refractivity contribution in [3.05, 3.63) is 53.3 Å². The van der Waals surface area contributed by atoms with E-state index < -0.39 is 5.82 Å². The van der Waals surface area contributed by atoms with Crippen molar-refractivity contribution in [1.82, 2.24) is 15.3 Å². The van der Waals surface area contributed by atoms with Gasteiger partial charge < -0.3 is 19.6 Å². The molecule has 2 bridgehead atoms. The van der Waals surface area contributed by atoms with Crippen molar-refractivity contribution in [3.63, 3.8) is 0 Å². The van der Waals surface area contributed by atoms with E-state index in [0.29, 0.717) is 28.9 Å². The van der Waals surface area contributed by atoms with E-state index in [0.717, 1.165) is 36.7 Å². The Hall–Kier alpha value is -2.87. The van der Waals surface area contributed by atoms with E-state index in [2.05, 4.69) is 20.2 Å². The van der Waals surface area contributed by atoms with Crippen molar-refractivity contribution in [2.75, 3.05) is 18.0 Å². The van der Waals surface area contributed by atoms with Crippen LogP contribution >= 0.6 is 23.5 Å². The highest BCUT2D eigenvalue weighted by molar-refractivity contribution is 6.35. The molecule has 6 nitrogen and oxygen atoms in total. The summed E-state index contributed by atoms with van der Waals surface area (Å²) in [6.45, 7) is 1.48. The summed E-state index contributed by atoms with van der Waals surface area (Å²) in [5, 5.41) is 16.1. The minimum Gasteiger partial charge on any atom is -0.508 e. The van der Waals surface area contributed by atoms with Crippen molar-refractivity contribution >= 4 is 51.0 Å². The number of benzene rings is 3. The Bertz CT molecular complexity index is 1400. The number of aromatic hydroxyl groups is 1. The molecule has 2 aliphatic heterocycles. The van der Waals surface area contributed by atoms with Crippen LogP contribution in [-0.4, -0.2) is 40.2 Å². The van der Waals surface area contributed by atoms with E-state index in [1.165, 1.54) is 6.07 Å². The zero-order chi connectivity index (χ0) is 22.7. The smallest absolute Gasteiger partial charge is 0.338 e.